The Bertz CT molecular complexity index is 427. The lowest BCUT2D eigenvalue weighted by molar-refractivity contribution is -0.122. The van der Waals surface area contributed by atoms with Crippen LogP contribution in [0.25, 0.3) is 0 Å². The van der Waals surface area contributed by atoms with Gasteiger partial charge in [0, 0.05) is 7.05 Å². The maximum Gasteiger partial charge on any atom is 0.272 e. The Kier molecular flexibility index (Phi) is 3.62. The number of aromatic nitrogens is 2. The predicted molar refractivity (Wildman–Crippen MR) is 62.3 cm³/mol. The number of nitrogens with one attached hydrogen (secondary N) is 2. The van der Waals surface area contributed by atoms with Gasteiger partial charge in [-0.1, -0.05) is 0 Å². The molecule has 0 bridgehead atoms. The van der Waals surface area contributed by atoms with Crippen LogP contribution >= 0.6 is 0 Å². The molecule has 0 saturated heterocycles. The van der Waals surface area contributed by atoms with Gasteiger partial charge in [0.05, 0.1) is 12.4 Å². The second-order valence-electron chi connectivity index (χ2n) is 3.98. The van der Waals surface area contributed by atoms with E-state index in [1.807, 2.05) is 0 Å². The summed E-state index contributed by atoms with van der Waals surface area (Å²) < 4.78 is 0. The molecule has 0 aliphatic rings. The van der Waals surface area contributed by atoms with Gasteiger partial charge >= 0.3 is 0 Å². The van der Waals surface area contributed by atoms with Crippen molar-refractivity contribution < 1.29 is 9.59 Å². The molecule has 1 rings (SSSR count). The van der Waals surface area contributed by atoms with Crippen molar-refractivity contribution >= 4 is 17.6 Å². The Morgan fingerprint density at radius 1 is 1.29 bits per heavy atom. The SMILES string of the molecule is CNc1cnc(C(=O)NC(C)(C)C(N)=O)cn1. The van der Waals surface area contributed by atoms with Crippen LogP contribution in [-0.4, -0.2) is 34.4 Å². The molecule has 0 aromatic carbocycles. The molecule has 4 N–H and O–H groups in total. The molecule has 1 aromatic heterocycles. The normalized spacial score (nSPS) is 10.8. The molecular weight excluding hydrogens is 222 g/mol. The Balaban J connectivity index is 2.80. The van der Waals surface area contributed by atoms with E-state index in [4.69, 9.17) is 5.73 Å². The number of nitrogens with two attached hydrogens (primary N) is 1. The average Bonchev–Trinajstić information content (AvgIpc) is 2.28. The zero-order valence-corrected chi connectivity index (χ0v) is 9.94. The van der Waals surface area contributed by atoms with E-state index in [0.29, 0.717) is 5.82 Å². The number of carbonyl (C=O) groups excluding carboxylic acids is 2. The number of hydrogen-bond donors (Lipinski definition) is 3. The van der Waals surface area contributed by atoms with Gasteiger partial charge in [0.2, 0.25) is 5.91 Å². The average molecular weight is 237 g/mol. The second-order valence-corrected chi connectivity index (χ2v) is 3.98. The molecule has 0 aliphatic carbocycles. The van der Waals surface area contributed by atoms with E-state index in [9.17, 15) is 9.59 Å². The number of carbonyl (C=O) groups is 2. The third-order valence-electron chi connectivity index (χ3n) is 2.18. The molecule has 0 atom stereocenters. The molecule has 0 spiro atoms. The van der Waals surface area contributed by atoms with Crippen molar-refractivity contribution in [2.24, 2.45) is 5.73 Å². The molecule has 1 aromatic rings. The van der Waals surface area contributed by atoms with Gasteiger partial charge in [0.1, 0.15) is 17.1 Å². The zero-order valence-electron chi connectivity index (χ0n) is 9.94. The van der Waals surface area contributed by atoms with Gasteiger partial charge in [-0.3, -0.25) is 9.59 Å². The Hall–Kier alpha value is -2.18. The van der Waals surface area contributed by atoms with Crippen LogP contribution in [0, 0.1) is 0 Å². The molecular formula is C10H15N5O2. The summed E-state index contributed by atoms with van der Waals surface area (Å²) >= 11 is 0. The summed E-state index contributed by atoms with van der Waals surface area (Å²) in [5, 5.41) is 5.25. The molecule has 1 heterocycles. The van der Waals surface area contributed by atoms with E-state index in [-0.39, 0.29) is 5.69 Å². The summed E-state index contributed by atoms with van der Waals surface area (Å²) in [6, 6.07) is 0. The lowest BCUT2D eigenvalue weighted by atomic mass is 10.1. The Morgan fingerprint density at radius 3 is 2.35 bits per heavy atom. The monoisotopic (exact) mass is 237 g/mol. The van der Waals surface area contributed by atoms with E-state index in [1.165, 1.54) is 26.2 Å². The van der Waals surface area contributed by atoms with Gasteiger partial charge in [-0.25, -0.2) is 9.97 Å². The minimum atomic E-state index is -1.12. The summed E-state index contributed by atoms with van der Waals surface area (Å²) in [6.45, 7) is 3.03. The van der Waals surface area contributed by atoms with Crippen molar-refractivity contribution in [3.63, 3.8) is 0 Å². The number of hydrogen-bond acceptors (Lipinski definition) is 5. The summed E-state index contributed by atoms with van der Waals surface area (Å²) in [7, 11) is 1.69. The van der Waals surface area contributed by atoms with Crippen LogP contribution in [0.5, 0.6) is 0 Å². The minimum Gasteiger partial charge on any atom is -0.372 e. The molecule has 17 heavy (non-hydrogen) atoms. The van der Waals surface area contributed by atoms with Gasteiger partial charge in [0.25, 0.3) is 5.91 Å². The highest BCUT2D eigenvalue weighted by molar-refractivity contribution is 5.97. The van der Waals surface area contributed by atoms with Crippen LogP contribution in [-0.2, 0) is 4.79 Å². The lowest BCUT2D eigenvalue weighted by Crippen LogP contribution is -2.53. The Morgan fingerprint density at radius 2 is 1.94 bits per heavy atom. The number of amides is 2. The van der Waals surface area contributed by atoms with Crippen molar-refractivity contribution in [2.45, 2.75) is 19.4 Å². The maximum absolute atomic E-state index is 11.7. The Labute approximate surface area is 98.8 Å². The first-order valence-electron chi connectivity index (χ1n) is 4.99. The van der Waals surface area contributed by atoms with Crippen LogP contribution < -0.4 is 16.4 Å². The summed E-state index contributed by atoms with van der Waals surface area (Å²) in [4.78, 5) is 30.6. The first-order chi connectivity index (χ1) is 7.86. The molecule has 2 amide bonds. The fourth-order valence-electron chi connectivity index (χ4n) is 0.984. The van der Waals surface area contributed by atoms with E-state index in [1.54, 1.807) is 7.05 Å². The lowest BCUT2D eigenvalue weighted by Gasteiger charge is -2.21. The molecule has 0 aliphatic heterocycles. The minimum absolute atomic E-state index is 0.123. The fourth-order valence-corrected chi connectivity index (χ4v) is 0.984. The highest BCUT2D eigenvalue weighted by Crippen LogP contribution is 2.04. The van der Waals surface area contributed by atoms with Crippen LogP contribution in [0.3, 0.4) is 0 Å². The van der Waals surface area contributed by atoms with E-state index < -0.39 is 17.4 Å². The summed E-state index contributed by atoms with van der Waals surface area (Å²) in [6.07, 6.45) is 2.74. The predicted octanol–water partition coefficient (Wildman–Crippen LogP) is -0.488. The van der Waals surface area contributed by atoms with E-state index >= 15 is 0 Å². The standard InChI is InChI=1S/C10H15N5O2/c1-10(2,9(11)17)15-8(16)6-4-14-7(12-3)5-13-6/h4-5H,1-3H3,(H2,11,17)(H,12,14)(H,15,16). The molecule has 0 radical (unpaired) electrons. The molecule has 92 valence electrons. The highest BCUT2D eigenvalue weighted by Gasteiger charge is 2.27. The zero-order chi connectivity index (χ0) is 13.1. The summed E-state index contributed by atoms with van der Waals surface area (Å²) in [5.41, 5.74) is 4.14. The molecule has 0 saturated carbocycles. The molecule has 7 nitrogen and oxygen atoms in total. The summed E-state index contributed by atoms with van der Waals surface area (Å²) in [5.74, 6) is -0.565. The second kappa shape index (κ2) is 4.77. The van der Waals surface area contributed by atoms with Crippen molar-refractivity contribution in [3.05, 3.63) is 18.1 Å². The topological polar surface area (TPSA) is 110 Å². The van der Waals surface area contributed by atoms with Crippen LogP contribution in [0.15, 0.2) is 12.4 Å². The molecule has 0 unspecified atom stereocenters. The largest absolute Gasteiger partial charge is 0.372 e. The van der Waals surface area contributed by atoms with Crippen LogP contribution in [0.1, 0.15) is 24.3 Å². The number of rotatable bonds is 4. The van der Waals surface area contributed by atoms with Crippen molar-refractivity contribution in [2.75, 3.05) is 12.4 Å². The molecule has 0 fully saturated rings. The van der Waals surface area contributed by atoms with Gasteiger partial charge in [-0.15, -0.1) is 0 Å². The number of primary amides is 1. The molecule has 7 heteroatoms. The van der Waals surface area contributed by atoms with Crippen molar-refractivity contribution in [1.82, 2.24) is 15.3 Å². The third-order valence-corrected chi connectivity index (χ3v) is 2.18. The maximum atomic E-state index is 11.7. The first-order valence-corrected chi connectivity index (χ1v) is 4.99. The van der Waals surface area contributed by atoms with Gasteiger partial charge in [-0.05, 0) is 13.8 Å². The van der Waals surface area contributed by atoms with Gasteiger partial charge in [0.15, 0.2) is 0 Å². The fraction of sp³-hybridized carbons (Fsp3) is 0.400. The number of nitrogens with zero attached hydrogens (tertiary/aromatic N) is 2. The smallest absolute Gasteiger partial charge is 0.272 e. The highest BCUT2D eigenvalue weighted by atomic mass is 16.2. The van der Waals surface area contributed by atoms with Crippen molar-refractivity contribution in [3.8, 4) is 0 Å². The van der Waals surface area contributed by atoms with E-state index in [0.717, 1.165) is 0 Å². The van der Waals surface area contributed by atoms with Crippen molar-refractivity contribution in [1.29, 1.82) is 0 Å². The quantitative estimate of drug-likeness (QED) is 0.654. The van der Waals surface area contributed by atoms with E-state index in [2.05, 4.69) is 20.6 Å². The third kappa shape index (κ3) is 3.13. The first kappa shape index (κ1) is 12.9. The van der Waals surface area contributed by atoms with Gasteiger partial charge in [-0.2, -0.15) is 0 Å². The number of anilines is 1. The van der Waals surface area contributed by atoms with Crippen LogP contribution in [0.4, 0.5) is 5.82 Å². The van der Waals surface area contributed by atoms with Gasteiger partial charge < -0.3 is 16.4 Å². The van der Waals surface area contributed by atoms with Crippen LogP contribution in [0.2, 0.25) is 0 Å².